The minimum Gasteiger partial charge on any atom is -0.376 e. The molecule has 7 heteroatoms. The van der Waals surface area contributed by atoms with E-state index in [2.05, 4.69) is 15.7 Å². The van der Waals surface area contributed by atoms with Crippen molar-refractivity contribution in [3.63, 3.8) is 0 Å². The van der Waals surface area contributed by atoms with E-state index in [0.717, 1.165) is 29.9 Å². The Hall–Kier alpha value is -2.83. The summed E-state index contributed by atoms with van der Waals surface area (Å²) in [6.07, 6.45) is 6.32. The average Bonchev–Trinajstić information content (AvgIpc) is 3.24. The van der Waals surface area contributed by atoms with Gasteiger partial charge in [0, 0.05) is 17.3 Å². The van der Waals surface area contributed by atoms with Crippen molar-refractivity contribution >= 4 is 23.3 Å². The van der Waals surface area contributed by atoms with Crippen LogP contribution < -0.4 is 16.4 Å². The molecule has 1 aliphatic rings. The minimum atomic E-state index is -0.493. The maximum absolute atomic E-state index is 12.3. The molecule has 0 unspecified atom stereocenters. The van der Waals surface area contributed by atoms with Gasteiger partial charge in [-0.25, -0.2) is 4.68 Å². The second-order valence-corrected chi connectivity index (χ2v) is 6.39. The lowest BCUT2D eigenvalue weighted by atomic mass is 10.1. The molecule has 7 nitrogen and oxygen atoms in total. The van der Waals surface area contributed by atoms with E-state index in [9.17, 15) is 9.59 Å². The molecule has 132 valence electrons. The van der Waals surface area contributed by atoms with Crippen LogP contribution in [0.25, 0.3) is 0 Å². The van der Waals surface area contributed by atoms with Gasteiger partial charge in [-0.15, -0.1) is 0 Å². The van der Waals surface area contributed by atoms with E-state index in [-0.39, 0.29) is 12.5 Å². The molecule has 1 aromatic heterocycles. The van der Waals surface area contributed by atoms with E-state index in [1.807, 2.05) is 17.7 Å². The van der Waals surface area contributed by atoms with Gasteiger partial charge in [-0.05, 0) is 37.5 Å². The largest absolute Gasteiger partial charge is 0.376 e. The number of nitrogens with one attached hydrogen (secondary N) is 2. The number of nitrogens with zero attached hydrogens (tertiary/aromatic N) is 2. The fourth-order valence-electron chi connectivity index (χ4n) is 3.18. The van der Waals surface area contributed by atoms with Crippen LogP contribution in [0.1, 0.15) is 47.6 Å². The summed E-state index contributed by atoms with van der Waals surface area (Å²) in [5, 5.41) is 10.3. The number of hydrogen-bond donors (Lipinski definition) is 3. The van der Waals surface area contributed by atoms with E-state index in [0.29, 0.717) is 11.6 Å². The van der Waals surface area contributed by atoms with Gasteiger partial charge >= 0.3 is 0 Å². The summed E-state index contributed by atoms with van der Waals surface area (Å²) >= 11 is 0. The first-order chi connectivity index (χ1) is 12.0. The van der Waals surface area contributed by atoms with Crippen molar-refractivity contribution in [3.8, 4) is 0 Å². The third-order valence-corrected chi connectivity index (χ3v) is 4.57. The van der Waals surface area contributed by atoms with E-state index in [1.165, 1.54) is 12.8 Å². The van der Waals surface area contributed by atoms with Gasteiger partial charge in [0.2, 0.25) is 11.8 Å². The van der Waals surface area contributed by atoms with Crippen molar-refractivity contribution in [1.29, 1.82) is 0 Å². The molecule has 0 radical (unpaired) electrons. The Kier molecular flexibility index (Phi) is 5.02. The summed E-state index contributed by atoms with van der Waals surface area (Å²) in [7, 11) is 0. The zero-order chi connectivity index (χ0) is 17.8. The number of carbonyl (C=O) groups is 2. The summed E-state index contributed by atoms with van der Waals surface area (Å²) in [6, 6.07) is 7.31. The predicted molar refractivity (Wildman–Crippen MR) is 96.5 cm³/mol. The molecule has 0 bridgehead atoms. The molecule has 0 atom stereocenters. The van der Waals surface area contributed by atoms with Gasteiger partial charge in [-0.1, -0.05) is 18.9 Å². The predicted octanol–water partition coefficient (Wildman–Crippen LogP) is 2.46. The van der Waals surface area contributed by atoms with Crippen LogP contribution in [-0.2, 0) is 4.79 Å². The fourth-order valence-corrected chi connectivity index (χ4v) is 3.18. The lowest BCUT2D eigenvalue weighted by Gasteiger charge is -2.15. The molecule has 2 amide bonds. The average molecular weight is 341 g/mol. The quantitative estimate of drug-likeness (QED) is 0.751. The van der Waals surface area contributed by atoms with Crippen molar-refractivity contribution in [2.24, 2.45) is 5.73 Å². The second kappa shape index (κ2) is 7.38. The van der Waals surface area contributed by atoms with Gasteiger partial charge in [0.1, 0.15) is 5.82 Å². The Morgan fingerprint density at radius 3 is 2.76 bits per heavy atom. The van der Waals surface area contributed by atoms with Crippen LogP contribution >= 0.6 is 0 Å². The van der Waals surface area contributed by atoms with Crippen molar-refractivity contribution < 1.29 is 9.59 Å². The highest BCUT2D eigenvalue weighted by molar-refractivity contribution is 5.95. The summed E-state index contributed by atoms with van der Waals surface area (Å²) in [6.45, 7) is 2.00. The van der Waals surface area contributed by atoms with E-state index >= 15 is 0 Å². The number of carbonyl (C=O) groups excluding carboxylic acids is 2. The third kappa shape index (κ3) is 3.99. The standard InChI is InChI=1S/C18H23N5O2/c1-12-6-7-13(18(19)25)10-15(12)20-11-17(24)22-16-8-9-21-23(16)14-4-2-3-5-14/h6-10,14,20H,2-5,11H2,1H3,(H2,19,25)(H,22,24). The second-order valence-electron chi connectivity index (χ2n) is 6.39. The number of benzene rings is 1. The molecule has 1 fully saturated rings. The topological polar surface area (TPSA) is 102 Å². The Morgan fingerprint density at radius 1 is 1.28 bits per heavy atom. The normalized spacial score (nSPS) is 14.4. The van der Waals surface area contributed by atoms with Gasteiger partial charge in [-0.2, -0.15) is 5.10 Å². The maximum atomic E-state index is 12.3. The van der Waals surface area contributed by atoms with Crippen LogP contribution in [0.4, 0.5) is 11.5 Å². The molecule has 1 saturated carbocycles. The Bertz CT molecular complexity index is 778. The monoisotopic (exact) mass is 341 g/mol. The molecule has 3 rings (SSSR count). The highest BCUT2D eigenvalue weighted by Crippen LogP contribution is 2.31. The first-order valence-electron chi connectivity index (χ1n) is 8.52. The molecule has 25 heavy (non-hydrogen) atoms. The number of anilines is 2. The van der Waals surface area contributed by atoms with Gasteiger partial charge in [0.25, 0.3) is 0 Å². The highest BCUT2D eigenvalue weighted by atomic mass is 16.2. The molecule has 1 aliphatic carbocycles. The number of primary amides is 1. The molecule has 0 saturated heterocycles. The van der Waals surface area contributed by atoms with Crippen molar-refractivity contribution in [1.82, 2.24) is 9.78 Å². The molecule has 0 aliphatic heterocycles. The number of aromatic nitrogens is 2. The maximum Gasteiger partial charge on any atom is 0.248 e. The van der Waals surface area contributed by atoms with Gasteiger partial charge in [0.05, 0.1) is 18.8 Å². The first-order valence-corrected chi connectivity index (χ1v) is 8.52. The van der Waals surface area contributed by atoms with E-state index in [1.54, 1.807) is 24.4 Å². The van der Waals surface area contributed by atoms with Gasteiger partial charge in [-0.3, -0.25) is 9.59 Å². The van der Waals surface area contributed by atoms with Crippen LogP contribution in [0.5, 0.6) is 0 Å². The SMILES string of the molecule is Cc1ccc(C(N)=O)cc1NCC(=O)Nc1ccnn1C1CCCC1. The third-order valence-electron chi connectivity index (χ3n) is 4.57. The van der Waals surface area contributed by atoms with Crippen LogP contribution in [-0.4, -0.2) is 28.1 Å². The molecule has 2 aromatic rings. The molecule has 1 heterocycles. The molecule has 4 N–H and O–H groups in total. The lowest BCUT2D eigenvalue weighted by Crippen LogP contribution is -2.24. The Labute approximate surface area is 146 Å². The fraction of sp³-hybridized carbons (Fsp3) is 0.389. The van der Waals surface area contributed by atoms with Crippen LogP contribution in [0, 0.1) is 6.92 Å². The van der Waals surface area contributed by atoms with Crippen LogP contribution in [0.3, 0.4) is 0 Å². The van der Waals surface area contributed by atoms with Gasteiger partial charge in [0.15, 0.2) is 0 Å². The number of aryl methyl sites for hydroxylation is 1. The van der Waals surface area contributed by atoms with Crippen LogP contribution in [0.15, 0.2) is 30.5 Å². The molecular weight excluding hydrogens is 318 g/mol. The van der Waals surface area contributed by atoms with Crippen molar-refractivity contribution in [2.75, 3.05) is 17.2 Å². The Morgan fingerprint density at radius 2 is 2.04 bits per heavy atom. The van der Waals surface area contributed by atoms with Crippen LogP contribution in [0.2, 0.25) is 0 Å². The lowest BCUT2D eigenvalue weighted by molar-refractivity contribution is -0.114. The number of rotatable bonds is 6. The summed E-state index contributed by atoms with van der Waals surface area (Å²) in [5.41, 5.74) is 7.37. The van der Waals surface area contributed by atoms with Crippen molar-refractivity contribution in [2.45, 2.75) is 38.6 Å². The summed E-state index contributed by atoms with van der Waals surface area (Å²) in [4.78, 5) is 23.6. The number of nitrogens with two attached hydrogens (primary N) is 1. The highest BCUT2D eigenvalue weighted by Gasteiger charge is 2.20. The van der Waals surface area contributed by atoms with Gasteiger partial charge < -0.3 is 16.4 Å². The number of amides is 2. The van der Waals surface area contributed by atoms with E-state index in [4.69, 9.17) is 5.73 Å². The molecule has 0 spiro atoms. The number of hydrogen-bond acceptors (Lipinski definition) is 4. The Balaban J connectivity index is 1.61. The van der Waals surface area contributed by atoms with E-state index < -0.39 is 5.91 Å². The smallest absolute Gasteiger partial charge is 0.248 e. The molecule has 1 aromatic carbocycles. The zero-order valence-electron chi connectivity index (χ0n) is 14.3. The first kappa shape index (κ1) is 17.0. The van der Waals surface area contributed by atoms with Crippen molar-refractivity contribution in [3.05, 3.63) is 41.6 Å². The minimum absolute atomic E-state index is 0.0961. The summed E-state index contributed by atoms with van der Waals surface area (Å²) < 4.78 is 1.91. The molecular formula is C18H23N5O2. The zero-order valence-corrected chi connectivity index (χ0v) is 14.3. The summed E-state index contributed by atoms with van der Waals surface area (Å²) in [5.74, 6) is 0.0675.